The fourth-order valence-corrected chi connectivity index (χ4v) is 6.64. The number of hydrogen-bond donors (Lipinski definition) is 0. The number of ketones is 2. The first kappa shape index (κ1) is 28.8. The Labute approximate surface area is 259 Å². The summed E-state index contributed by atoms with van der Waals surface area (Å²) in [5, 5.41) is 2.20. The SMILES string of the molecule is C=Cc1cc2c(cc1C=C)C(=O)C(=Cc1ccc3c4c(ccc3c1)N(c1ccccc1)c1ccccc1C4(C)C)C2=O.CC. The molecule has 1 heterocycles. The van der Waals surface area contributed by atoms with E-state index in [4.69, 9.17) is 0 Å². The van der Waals surface area contributed by atoms with E-state index >= 15 is 0 Å². The third-order valence-electron chi connectivity index (χ3n) is 8.67. The smallest absolute Gasteiger partial charge is 0.197 e. The Morgan fingerprint density at radius 2 is 1.30 bits per heavy atom. The predicted molar refractivity (Wildman–Crippen MR) is 185 cm³/mol. The van der Waals surface area contributed by atoms with Gasteiger partial charge in [0.25, 0.3) is 0 Å². The Hall–Kier alpha value is -5.28. The molecule has 0 fully saturated rings. The standard InChI is InChI=1S/C39H29NO2.C2H6/c1-5-25-22-30-31(23-26(25)6-2)38(42)32(37(30)41)21-24-16-18-29-27(20-24)17-19-35-36(29)39(3,4)33-14-10-11-15-34(33)40(35)28-12-8-7-9-13-28;1-2/h5-23H,1-2H2,3-4H3;1-2H3. The largest absolute Gasteiger partial charge is 0.310 e. The summed E-state index contributed by atoms with van der Waals surface area (Å²) >= 11 is 0. The molecule has 0 atom stereocenters. The maximum absolute atomic E-state index is 13.4. The molecule has 0 radical (unpaired) electrons. The van der Waals surface area contributed by atoms with Crippen LogP contribution in [0.2, 0.25) is 0 Å². The van der Waals surface area contributed by atoms with Crippen molar-refractivity contribution in [1.82, 2.24) is 0 Å². The highest BCUT2D eigenvalue weighted by molar-refractivity contribution is 6.41. The summed E-state index contributed by atoms with van der Waals surface area (Å²) in [6.07, 6.45) is 5.08. The van der Waals surface area contributed by atoms with Crippen LogP contribution in [0.15, 0.2) is 116 Å². The molecular weight excluding hydrogens is 538 g/mol. The van der Waals surface area contributed by atoms with Crippen molar-refractivity contribution >= 4 is 57.6 Å². The van der Waals surface area contributed by atoms with Crippen LogP contribution in [0.3, 0.4) is 0 Å². The van der Waals surface area contributed by atoms with Gasteiger partial charge in [-0.2, -0.15) is 0 Å². The molecule has 0 unspecified atom stereocenters. The molecule has 44 heavy (non-hydrogen) atoms. The highest BCUT2D eigenvalue weighted by atomic mass is 16.2. The molecule has 0 N–H and O–H groups in total. The van der Waals surface area contributed by atoms with Gasteiger partial charge in [0.2, 0.25) is 0 Å². The lowest BCUT2D eigenvalue weighted by Crippen LogP contribution is -2.30. The van der Waals surface area contributed by atoms with E-state index in [1.54, 1.807) is 30.4 Å². The molecule has 5 aromatic rings. The van der Waals surface area contributed by atoms with Gasteiger partial charge in [0.05, 0.1) is 16.9 Å². The average molecular weight is 574 g/mol. The summed E-state index contributed by atoms with van der Waals surface area (Å²) in [4.78, 5) is 29.0. The number of anilines is 3. The number of nitrogens with zero attached hydrogens (tertiary/aromatic N) is 1. The molecule has 3 nitrogen and oxygen atoms in total. The monoisotopic (exact) mass is 573 g/mol. The lowest BCUT2D eigenvalue weighted by atomic mass is 9.71. The van der Waals surface area contributed by atoms with Gasteiger partial charge in [-0.1, -0.05) is 108 Å². The van der Waals surface area contributed by atoms with Gasteiger partial charge in [-0.05, 0) is 87.1 Å². The molecule has 0 spiro atoms. The Balaban J connectivity index is 0.00000168. The van der Waals surface area contributed by atoms with Gasteiger partial charge >= 0.3 is 0 Å². The number of Topliss-reactive ketones (excluding diaryl/α,β-unsaturated/α-hetero) is 2. The summed E-state index contributed by atoms with van der Waals surface area (Å²) in [5.41, 5.74) is 9.11. The third-order valence-corrected chi connectivity index (χ3v) is 8.67. The van der Waals surface area contributed by atoms with Crippen molar-refractivity contribution in [2.24, 2.45) is 0 Å². The Morgan fingerprint density at radius 3 is 1.93 bits per heavy atom. The van der Waals surface area contributed by atoms with Gasteiger partial charge in [-0.15, -0.1) is 0 Å². The molecule has 0 amide bonds. The van der Waals surface area contributed by atoms with Crippen LogP contribution < -0.4 is 4.90 Å². The van der Waals surface area contributed by atoms with Gasteiger partial charge in [-0.25, -0.2) is 0 Å². The summed E-state index contributed by atoms with van der Waals surface area (Å²) in [7, 11) is 0. The Morgan fingerprint density at radius 1 is 0.682 bits per heavy atom. The highest BCUT2D eigenvalue weighted by Gasteiger charge is 2.38. The van der Waals surface area contributed by atoms with Crippen LogP contribution in [0, 0.1) is 0 Å². The Kier molecular flexibility index (Phi) is 7.26. The normalized spacial score (nSPS) is 14.3. The van der Waals surface area contributed by atoms with Crippen LogP contribution in [0.4, 0.5) is 17.1 Å². The van der Waals surface area contributed by atoms with Crippen molar-refractivity contribution in [3.63, 3.8) is 0 Å². The maximum atomic E-state index is 13.4. The number of rotatable bonds is 4. The first-order valence-electron chi connectivity index (χ1n) is 15.1. The lowest BCUT2D eigenvalue weighted by molar-refractivity contribution is 0.0990. The minimum atomic E-state index is -0.254. The zero-order valence-electron chi connectivity index (χ0n) is 25.6. The number of allylic oxidation sites excluding steroid dienone is 1. The van der Waals surface area contributed by atoms with Crippen molar-refractivity contribution in [2.45, 2.75) is 33.1 Å². The number of carbonyl (C=O) groups excluding carboxylic acids is 2. The van der Waals surface area contributed by atoms with Gasteiger partial charge in [0.15, 0.2) is 11.6 Å². The van der Waals surface area contributed by atoms with Gasteiger partial charge in [0, 0.05) is 22.2 Å². The molecule has 7 rings (SSSR count). The second kappa shape index (κ2) is 11.1. The lowest BCUT2D eigenvalue weighted by Gasteiger charge is -2.42. The average Bonchev–Trinajstić information content (AvgIpc) is 3.29. The summed E-state index contributed by atoms with van der Waals surface area (Å²) in [6, 6.07) is 33.1. The highest BCUT2D eigenvalue weighted by Crippen LogP contribution is 2.53. The number of carbonyl (C=O) groups is 2. The van der Waals surface area contributed by atoms with E-state index in [2.05, 4.69) is 105 Å². The summed E-state index contributed by atoms with van der Waals surface area (Å²) in [6.45, 7) is 16.2. The zero-order chi connectivity index (χ0) is 31.2. The number of hydrogen-bond acceptors (Lipinski definition) is 3. The van der Waals surface area contributed by atoms with E-state index in [9.17, 15) is 9.59 Å². The number of benzene rings is 5. The van der Waals surface area contributed by atoms with Crippen molar-refractivity contribution in [3.05, 3.63) is 155 Å². The fraction of sp³-hybridized carbons (Fsp3) is 0.122. The van der Waals surface area contributed by atoms with Crippen LogP contribution in [-0.2, 0) is 5.41 Å². The molecule has 3 heteroatoms. The third kappa shape index (κ3) is 4.36. The first-order valence-corrected chi connectivity index (χ1v) is 15.1. The molecule has 0 bridgehead atoms. The minimum Gasteiger partial charge on any atom is -0.310 e. The van der Waals surface area contributed by atoms with Crippen molar-refractivity contribution in [3.8, 4) is 0 Å². The fourth-order valence-electron chi connectivity index (χ4n) is 6.64. The first-order chi connectivity index (χ1) is 21.3. The van der Waals surface area contributed by atoms with Crippen LogP contribution in [0.5, 0.6) is 0 Å². The zero-order valence-corrected chi connectivity index (χ0v) is 25.6. The quantitative estimate of drug-likeness (QED) is 0.159. The molecular formula is C41H35NO2. The molecule has 0 saturated heterocycles. The van der Waals surface area contributed by atoms with E-state index in [0.717, 1.165) is 38.8 Å². The maximum Gasteiger partial charge on any atom is 0.197 e. The summed E-state index contributed by atoms with van der Waals surface area (Å²) < 4.78 is 0. The molecule has 0 saturated carbocycles. The summed E-state index contributed by atoms with van der Waals surface area (Å²) in [5.74, 6) is -0.508. The molecule has 1 aliphatic carbocycles. The van der Waals surface area contributed by atoms with Crippen LogP contribution in [0.1, 0.15) is 76.2 Å². The molecule has 1 aliphatic heterocycles. The van der Waals surface area contributed by atoms with E-state index < -0.39 is 0 Å². The molecule has 0 aromatic heterocycles. The van der Waals surface area contributed by atoms with Crippen molar-refractivity contribution in [1.29, 1.82) is 0 Å². The number of fused-ring (bicyclic) bond motifs is 5. The topological polar surface area (TPSA) is 37.4 Å². The Bertz CT molecular complexity index is 1980. The van der Waals surface area contributed by atoms with Gasteiger partial charge in [0.1, 0.15) is 0 Å². The van der Waals surface area contributed by atoms with E-state index in [1.165, 1.54) is 16.8 Å². The van der Waals surface area contributed by atoms with Gasteiger partial charge in [-0.3, -0.25) is 9.59 Å². The van der Waals surface area contributed by atoms with E-state index in [-0.39, 0.29) is 22.6 Å². The van der Waals surface area contributed by atoms with Crippen LogP contribution >= 0.6 is 0 Å². The minimum absolute atomic E-state index is 0.183. The van der Waals surface area contributed by atoms with E-state index in [0.29, 0.717) is 11.1 Å². The van der Waals surface area contributed by atoms with Crippen molar-refractivity contribution < 1.29 is 9.59 Å². The van der Waals surface area contributed by atoms with Crippen LogP contribution in [-0.4, -0.2) is 11.6 Å². The number of para-hydroxylation sites is 2. The van der Waals surface area contributed by atoms with Gasteiger partial charge < -0.3 is 4.90 Å². The second-order valence-electron chi connectivity index (χ2n) is 11.4. The molecule has 2 aliphatic rings. The second-order valence-corrected chi connectivity index (χ2v) is 11.4. The predicted octanol–water partition coefficient (Wildman–Crippen LogP) is 10.7. The molecule has 5 aromatic carbocycles. The van der Waals surface area contributed by atoms with Crippen molar-refractivity contribution in [2.75, 3.05) is 4.90 Å². The van der Waals surface area contributed by atoms with Crippen LogP contribution in [0.25, 0.3) is 29.0 Å². The van der Waals surface area contributed by atoms with E-state index in [1.807, 2.05) is 26.0 Å². The molecule has 216 valence electrons.